The number of rotatable bonds is 4. The number of nitrogens with zero attached hydrogens (tertiary/aromatic N) is 3. The lowest BCUT2D eigenvalue weighted by atomic mass is 10.0. The maximum absolute atomic E-state index is 5.24. The average molecular weight is 286 g/mol. The molecule has 0 unspecified atom stereocenters. The molecule has 1 saturated heterocycles. The third-order valence-corrected chi connectivity index (χ3v) is 4.00. The van der Waals surface area contributed by atoms with Gasteiger partial charge in [-0.25, -0.2) is 0 Å². The lowest BCUT2D eigenvalue weighted by Crippen LogP contribution is -2.45. The van der Waals surface area contributed by atoms with E-state index in [1.165, 1.54) is 11.1 Å². The second-order valence-electron chi connectivity index (χ2n) is 5.49. The fourth-order valence-electron chi connectivity index (χ4n) is 2.88. The fourth-order valence-corrected chi connectivity index (χ4v) is 2.88. The number of aryl methyl sites for hydroxylation is 1. The van der Waals surface area contributed by atoms with E-state index >= 15 is 0 Å². The molecule has 0 aliphatic carbocycles. The topological polar surface area (TPSA) is 42.3 Å². The molecular weight excluding hydrogens is 264 g/mol. The molecule has 0 bridgehead atoms. The van der Waals surface area contributed by atoms with Crippen LogP contribution in [0.2, 0.25) is 0 Å². The summed E-state index contributed by atoms with van der Waals surface area (Å²) in [6.45, 7) is 4.00. The normalized spacial score (nSPS) is 19.6. The molecule has 3 rings (SSSR count). The maximum atomic E-state index is 5.24. The van der Waals surface area contributed by atoms with Crippen LogP contribution >= 0.6 is 0 Å². The van der Waals surface area contributed by atoms with E-state index in [-0.39, 0.29) is 0 Å². The molecule has 1 fully saturated rings. The molecular formula is C16H22N4O. The molecule has 2 aromatic rings. The summed E-state index contributed by atoms with van der Waals surface area (Å²) in [7, 11) is 3.66. The van der Waals surface area contributed by atoms with Crippen LogP contribution in [-0.2, 0) is 13.6 Å². The number of piperazine rings is 1. The van der Waals surface area contributed by atoms with Gasteiger partial charge in [0, 0.05) is 51.0 Å². The second-order valence-corrected chi connectivity index (χ2v) is 5.49. The van der Waals surface area contributed by atoms with Crippen molar-refractivity contribution < 1.29 is 4.74 Å². The van der Waals surface area contributed by atoms with E-state index in [0.717, 1.165) is 31.9 Å². The first-order valence-electron chi connectivity index (χ1n) is 7.32. The Labute approximate surface area is 125 Å². The number of benzene rings is 1. The zero-order chi connectivity index (χ0) is 14.7. The van der Waals surface area contributed by atoms with Crippen LogP contribution in [0.1, 0.15) is 17.2 Å². The Morgan fingerprint density at radius 2 is 2.14 bits per heavy atom. The number of hydrogen-bond acceptors (Lipinski definition) is 4. The third kappa shape index (κ3) is 3.25. The van der Waals surface area contributed by atoms with E-state index in [1.54, 1.807) is 7.11 Å². The van der Waals surface area contributed by atoms with Crippen molar-refractivity contribution in [1.82, 2.24) is 20.0 Å². The summed E-state index contributed by atoms with van der Waals surface area (Å²) in [4.78, 5) is 2.51. The van der Waals surface area contributed by atoms with Gasteiger partial charge in [-0.2, -0.15) is 5.10 Å². The summed E-state index contributed by atoms with van der Waals surface area (Å²) in [6, 6.07) is 8.78. The predicted molar refractivity (Wildman–Crippen MR) is 82.2 cm³/mol. The summed E-state index contributed by atoms with van der Waals surface area (Å²) >= 11 is 0. The standard InChI is InChI=1S/C16H22N4O/c1-19-11-13(9-18-19)12-20-8-7-17-10-16(20)14-3-5-15(21-2)6-4-14/h3-6,9,11,16-17H,7-8,10,12H2,1-2H3/t16-/m1/s1. The van der Waals surface area contributed by atoms with Crippen molar-refractivity contribution in [2.45, 2.75) is 12.6 Å². The van der Waals surface area contributed by atoms with Gasteiger partial charge < -0.3 is 10.1 Å². The molecule has 1 aliphatic rings. The highest BCUT2D eigenvalue weighted by Gasteiger charge is 2.24. The summed E-state index contributed by atoms with van der Waals surface area (Å²) < 4.78 is 7.10. The largest absolute Gasteiger partial charge is 0.497 e. The maximum Gasteiger partial charge on any atom is 0.118 e. The molecule has 112 valence electrons. The number of hydrogen-bond donors (Lipinski definition) is 1. The minimum atomic E-state index is 0.393. The number of methoxy groups -OCH3 is 1. The van der Waals surface area contributed by atoms with Crippen LogP contribution in [-0.4, -0.2) is 41.4 Å². The molecule has 1 aromatic heterocycles. The lowest BCUT2D eigenvalue weighted by Gasteiger charge is -2.36. The van der Waals surface area contributed by atoms with Crippen molar-refractivity contribution in [2.75, 3.05) is 26.7 Å². The van der Waals surface area contributed by atoms with Crippen LogP contribution < -0.4 is 10.1 Å². The van der Waals surface area contributed by atoms with Crippen molar-refractivity contribution in [3.05, 3.63) is 47.8 Å². The van der Waals surface area contributed by atoms with Crippen LogP contribution in [0.5, 0.6) is 5.75 Å². The van der Waals surface area contributed by atoms with Crippen LogP contribution in [0, 0.1) is 0 Å². The highest BCUT2D eigenvalue weighted by atomic mass is 16.5. The van der Waals surface area contributed by atoms with Crippen LogP contribution in [0.3, 0.4) is 0 Å². The summed E-state index contributed by atoms with van der Waals surface area (Å²) in [5.41, 5.74) is 2.59. The van der Waals surface area contributed by atoms with Crippen molar-refractivity contribution in [3.63, 3.8) is 0 Å². The van der Waals surface area contributed by atoms with Gasteiger partial charge in [-0.3, -0.25) is 9.58 Å². The highest BCUT2D eigenvalue weighted by molar-refractivity contribution is 5.29. The summed E-state index contributed by atoms with van der Waals surface area (Å²) in [5.74, 6) is 0.904. The Bertz CT molecular complexity index is 578. The predicted octanol–water partition coefficient (Wildman–Crippen LogP) is 1.58. The van der Waals surface area contributed by atoms with Gasteiger partial charge in [-0.15, -0.1) is 0 Å². The van der Waals surface area contributed by atoms with Crippen LogP contribution in [0.4, 0.5) is 0 Å². The van der Waals surface area contributed by atoms with Gasteiger partial charge in [0.1, 0.15) is 5.75 Å². The Hall–Kier alpha value is -1.85. The quantitative estimate of drug-likeness (QED) is 0.926. The Morgan fingerprint density at radius 3 is 2.81 bits per heavy atom. The molecule has 5 nitrogen and oxygen atoms in total. The first-order chi connectivity index (χ1) is 10.3. The van der Waals surface area contributed by atoms with Gasteiger partial charge in [0.05, 0.1) is 13.3 Å². The molecule has 0 spiro atoms. The number of nitrogens with one attached hydrogen (secondary N) is 1. The van der Waals surface area contributed by atoms with E-state index < -0.39 is 0 Å². The molecule has 5 heteroatoms. The van der Waals surface area contributed by atoms with E-state index in [4.69, 9.17) is 4.74 Å². The second kappa shape index (κ2) is 6.28. The minimum Gasteiger partial charge on any atom is -0.497 e. The molecule has 0 amide bonds. The first-order valence-corrected chi connectivity index (χ1v) is 7.32. The van der Waals surface area contributed by atoms with Gasteiger partial charge >= 0.3 is 0 Å². The smallest absolute Gasteiger partial charge is 0.118 e. The van der Waals surface area contributed by atoms with Crippen LogP contribution in [0.25, 0.3) is 0 Å². The average Bonchev–Trinajstić information content (AvgIpc) is 2.93. The van der Waals surface area contributed by atoms with Crippen LogP contribution in [0.15, 0.2) is 36.7 Å². The van der Waals surface area contributed by atoms with Gasteiger partial charge in [0.15, 0.2) is 0 Å². The SMILES string of the molecule is COc1ccc([C@H]2CNCCN2Cc2cnn(C)c2)cc1. The van der Waals surface area contributed by atoms with Crippen molar-refractivity contribution >= 4 is 0 Å². The minimum absolute atomic E-state index is 0.393. The van der Waals surface area contributed by atoms with E-state index in [2.05, 4.69) is 33.6 Å². The fraction of sp³-hybridized carbons (Fsp3) is 0.438. The molecule has 0 radical (unpaired) electrons. The lowest BCUT2D eigenvalue weighted by molar-refractivity contribution is 0.153. The molecule has 1 atom stereocenters. The van der Waals surface area contributed by atoms with E-state index in [1.807, 2.05) is 30.1 Å². The van der Waals surface area contributed by atoms with Crippen molar-refractivity contribution in [1.29, 1.82) is 0 Å². The molecule has 1 aliphatic heterocycles. The monoisotopic (exact) mass is 286 g/mol. The van der Waals surface area contributed by atoms with E-state index in [9.17, 15) is 0 Å². The Balaban J connectivity index is 1.76. The third-order valence-electron chi connectivity index (χ3n) is 4.00. The Morgan fingerprint density at radius 1 is 1.33 bits per heavy atom. The molecule has 0 saturated carbocycles. The van der Waals surface area contributed by atoms with Crippen molar-refractivity contribution in [3.8, 4) is 5.75 Å². The molecule has 21 heavy (non-hydrogen) atoms. The zero-order valence-corrected chi connectivity index (χ0v) is 12.6. The first kappa shape index (κ1) is 14.1. The van der Waals surface area contributed by atoms with Crippen molar-refractivity contribution in [2.24, 2.45) is 7.05 Å². The summed E-state index contributed by atoms with van der Waals surface area (Å²) in [6.07, 6.45) is 4.04. The Kier molecular flexibility index (Phi) is 4.22. The number of aromatic nitrogens is 2. The van der Waals surface area contributed by atoms with Gasteiger partial charge in [0.2, 0.25) is 0 Å². The summed E-state index contributed by atoms with van der Waals surface area (Å²) in [5, 5.41) is 7.75. The van der Waals surface area contributed by atoms with Gasteiger partial charge in [0.25, 0.3) is 0 Å². The van der Waals surface area contributed by atoms with Gasteiger partial charge in [-0.1, -0.05) is 12.1 Å². The molecule has 1 N–H and O–H groups in total. The van der Waals surface area contributed by atoms with Gasteiger partial charge in [-0.05, 0) is 17.7 Å². The number of ether oxygens (including phenoxy) is 1. The van der Waals surface area contributed by atoms with E-state index in [0.29, 0.717) is 6.04 Å². The molecule has 2 heterocycles. The molecule has 1 aromatic carbocycles. The zero-order valence-electron chi connectivity index (χ0n) is 12.6. The highest BCUT2D eigenvalue weighted by Crippen LogP contribution is 2.25.